The molecule has 0 aromatic heterocycles. The molecule has 2 rings (SSSR count). The molecule has 1 amide bonds. The first kappa shape index (κ1) is 20.3. The second-order valence-electron chi connectivity index (χ2n) is 5.93. The van der Waals surface area contributed by atoms with Crippen LogP contribution in [-0.2, 0) is 20.6 Å². The van der Waals surface area contributed by atoms with E-state index in [1.165, 1.54) is 11.1 Å². The summed E-state index contributed by atoms with van der Waals surface area (Å²) in [6.07, 6.45) is 1.10. The number of hydrogen-bond acceptors (Lipinski definition) is 4. The molecule has 2 aromatic rings. The number of anilines is 1. The number of nitrogens with one attached hydrogen (secondary N) is 1. The first-order valence-corrected chi connectivity index (χ1v) is 11.3. The Morgan fingerprint density at radius 1 is 1.08 bits per heavy atom. The lowest BCUT2D eigenvalue weighted by molar-refractivity contribution is -0.119. The number of amides is 1. The Balaban J connectivity index is 1.79. The molecule has 0 radical (unpaired) electrons. The maximum absolute atomic E-state index is 12.1. The van der Waals surface area contributed by atoms with E-state index in [9.17, 15) is 13.2 Å². The minimum atomic E-state index is -3.52. The largest absolute Gasteiger partial charge is 0.354 e. The van der Waals surface area contributed by atoms with E-state index in [4.69, 9.17) is 0 Å². The molecule has 0 aliphatic heterocycles. The van der Waals surface area contributed by atoms with Gasteiger partial charge in [0.05, 0.1) is 11.9 Å². The van der Waals surface area contributed by atoms with Crippen LogP contribution >= 0.6 is 11.8 Å². The molecule has 0 spiro atoms. The predicted molar refractivity (Wildman–Crippen MR) is 109 cm³/mol. The molecule has 0 heterocycles. The van der Waals surface area contributed by atoms with E-state index in [1.807, 2.05) is 12.1 Å². The van der Waals surface area contributed by atoms with E-state index < -0.39 is 10.0 Å². The molecule has 26 heavy (non-hydrogen) atoms. The number of hydrogen-bond donors (Lipinski definition) is 1. The second-order valence-corrected chi connectivity index (χ2v) is 8.95. The monoisotopic (exact) mass is 392 g/mol. The van der Waals surface area contributed by atoms with Crippen molar-refractivity contribution in [3.05, 3.63) is 65.7 Å². The van der Waals surface area contributed by atoms with Gasteiger partial charge in [-0.1, -0.05) is 42.5 Å². The maximum Gasteiger partial charge on any atom is 0.240 e. The van der Waals surface area contributed by atoms with Crippen LogP contribution in [0.5, 0.6) is 0 Å². The number of carbonyl (C=O) groups excluding carboxylic acids is 1. The van der Waals surface area contributed by atoms with Crippen molar-refractivity contribution in [2.75, 3.05) is 29.4 Å². The first-order valence-electron chi connectivity index (χ1n) is 8.29. The molecule has 0 atom stereocenters. The van der Waals surface area contributed by atoms with Gasteiger partial charge in [0.1, 0.15) is 6.54 Å². The zero-order valence-electron chi connectivity index (χ0n) is 15.0. The van der Waals surface area contributed by atoms with Gasteiger partial charge in [0.25, 0.3) is 0 Å². The molecule has 0 saturated carbocycles. The molecule has 0 unspecified atom stereocenters. The van der Waals surface area contributed by atoms with Crippen LogP contribution in [0, 0.1) is 6.92 Å². The van der Waals surface area contributed by atoms with Gasteiger partial charge < -0.3 is 5.32 Å². The van der Waals surface area contributed by atoms with Crippen LogP contribution in [0.15, 0.2) is 54.6 Å². The SMILES string of the molecule is Cc1ccccc1CSCCNC(=O)CN(c1ccccc1)S(C)(=O)=O. The third-order valence-electron chi connectivity index (χ3n) is 3.82. The molecule has 0 bridgehead atoms. The fraction of sp³-hybridized carbons (Fsp3) is 0.316. The number of nitrogens with zero attached hydrogens (tertiary/aromatic N) is 1. The van der Waals surface area contributed by atoms with Crippen molar-refractivity contribution in [3.63, 3.8) is 0 Å². The van der Waals surface area contributed by atoms with Gasteiger partial charge in [0.15, 0.2) is 0 Å². The normalized spacial score (nSPS) is 11.2. The third kappa shape index (κ3) is 6.38. The molecule has 0 aliphatic carbocycles. The van der Waals surface area contributed by atoms with E-state index in [2.05, 4.69) is 24.4 Å². The fourth-order valence-electron chi connectivity index (χ4n) is 2.40. The van der Waals surface area contributed by atoms with Crippen LogP contribution < -0.4 is 9.62 Å². The molecule has 2 aromatic carbocycles. The summed E-state index contributed by atoms with van der Waals surface area (Å²) in [5.41, 5.74) is 3.03. The molecule has 7 heteroatoms. The zero-order valence-corrected chi connectivity index (χ0v) is 16.6. The van der Waals surface area contributed by atoms with E-state index in [1.54, 1.807) is 42.1 Å². The Morgan fingerprint density at radius 2 is 1.73 bits per heavy atom. The molecule has 0 aliphatic rings. The number of aryl methyl sites for hydroxylation is 1. The van der Waals surface area contributed by atoms with Gasteiger partial charge in [-0.05, 0) is 30.2 Å². The summed E-state index contributed by atoms with van der Waals surface area (Å²) in [6, 6.07) is 16.9. The van der Waals surface area contributed by atoms with Crippen molar-refractivity contribution < 1.29 is 13.2 Å². The summed E-state index contributed by atoms with van der Waals surface area (Å²) in [5.74, 6) is 1.35. The van der Waals surface area contributed by atoms with E-state index in [-0.39, 0.29) is 12.5 Å². The zero-order chi connectivity index (χ0) is 19.0. The van der Waals surface area contributed by atoms with Crippen molar-refractivity contribution >= 4 is 33.4 Å². The molecule has 5 nitrogen and oxygen atoms in total. The average Bonchev–Trinajstić information content (AvgIpc) is 2.60. The summed E-state index contributed by atoms with van der Waals surface area (Å²) in [4.78, 5) is 12.1. The molecule has 0 fully saturated rings. The second kappa shape index (κ2) is 9.64. The Hall–Kier alpha value is -1.99. The third-order valence-corrected chi connectivity index (χ3v) is 5.97. The number of carbonyl (C=O) groups is 1. The highest BCUT2D eigenvalue weighted by Gasteiger charge is 2.20. The van der Waals surface area contributed by atoms with Crippen molar-refractivity contribution in [2.24, 2.45) is 0 Å². The fourth-order valence-corrected chi connectivity index (χ4v) is 4.19. The molecule has 0 saturated heterocycles. The Kier molecular flexibility index (Phi) is 7.53. The Bertz CT molecular complexity index is 824. The number of thioether (sulfide) groups is 1. The highest BCUT2D eigenvalue weighted by molar-refractivity contribution is 7.98. The average molecular weight is 393 g/mol. The van der Waals surface area contributed by atoms with Crippen LogP contribution in [0.25, 0.3) is 0 Å². The predicted octanol–water partition coefficient (Wildman–Crippen LogP) is 2.81. The van der Waals surface area contributed by atoms with Crippen LogP contribution in [-0.4, -0.2) is 39.4 Å². The number of para-hydroxylation sites is 1. The summed E-state index contributed by atoms with van der Waals surface area (Å²) < 4.78 is 25.1. The minimum Gasteiger partial charge on any atom is -0.354 e. The number of benzene rings is 2. The van der Waals surface area contributed by atoms with Gasteiger partial charge in [-0.2, -0.15) is 11.8 Å². The van der Waals surface area contributed by atoms with E-state index >= 15 is 0 Å². The highest BCUT2D eigenvalue weighted by atomic mass is 32.2. The topological polar surface area (TPSA) is 66.5 Å². The van der Waals surface area contributed by atoms with Crippen molar-refractivity contribution in [2.45, 2.75) is 12.7 Å². The number of rotatable bonds is 9. The van der Waals surface area contributed by atoms with Crippen molar-refractivity contribution in [1.82, 2.24) is 5.32 Å². The van der Waals surface area contributed by atoms with Crippen LogP contribution in [0.1, 0.15) is 11.1 Å². The van der Waals surface area contributed by atoms with E-state index in [0.717, 1.165) is 22.1 Å². The van der Waals surface area contributed by atoms with Crippen LogP contribution in [0.4, 0.5) is 5.69 Å². The van der Waals surface area contributed by atoms with Gasteiger partial charge in [-0.25, -0.2) is 8.42 Å². The van der Waals surface area contributed by atoms with Crippen LogP contribution in [0.2, 0.25) is 0 Å². The maximum atomic E-state index is 12.1. The lowest BCUT2D eigenvalue weighted by atomic mass is 10.1. The number of sulfonamides is 1. The molecule has 1 N–H and O–H groups in total. The highest BCUT2D eigenvalue weighted by Crippen LogP contribution is 2.17. The van der Waals surface area contributed by atoms with Gasteiger partial charge in [-0.15, -0.1) is 0 Å². The lowest BCUT2D eigenvalue weighted by Gasteiger charge is -2.21. The van der Waals surface area contributed by atoms with Gasteiger partial charge in [0, 0.05) is 18.1 Å². The Morgan fingerprint density at radius 3 is 2.38 bits per heavy atom. The quantitative estimate of drug-likeness (QED) is 0.667. The first-order chi connectivity index (χ1) is 12.4. The van der Waals surface area contributed by atoms with Gasteiger partial charge in [0.2, 0.25) is 15.9 Å². The molecular formula is C19H24N2O3S2. The van der Waals surface area contributed by atoms with Crippen LogP contribution in [0.3, 0.4) is 0 Å². The minimum absolute atomic E-state index is 0.217. The summed E-state index contributed by atoms with van der Waals surface area (Å²) in [5, 5.41) is 2.79. The summed E-state index contributed by atoms with van der Waals surface area (Å²) in [6.45, 7) is 2.37. The molecule has 140 valence electrons. The standard InChI is InChI=1S/C19H24N2O3S2/c1-16-8-6-7-9-17(16)15-25-13-12-20-19(22)14-21(26(2,23)24)18-10-4-3-5-11-18/h3-11H,12-15H2,1-2H3,(H,20,22). The van der Waals surface area contributed by atoms with E-state index in [0.29, 0.717) is 12.2 Å². The Labute approximate surface area is 159 Å². The van der Waals surface area contributed by atoms with Gasteiger partial charge >= 0.3 is 0 Å². The van der Waals surface area contributed by atoms with Crippen molar-refractivity contribution in [3.8, 4) is 0 Å². The van der Waals surface area contributed by atoms with Crippen molar-refractivity contribution in [1.29, 1.82) is 0 Å². The lowest BCUT2D eigenvalue weighted by Crippen LogP contribution is -2.41. The molecular weight excluding hydrogens is 368 g/mol. The summed E-state index contributed by atoms with van der Waals surface area (Å²) >= 11 is 1.74. The summed E-state index contributed by atoms with van der Waals surface area (Å²) in [7, 11) is -3.52. The van der Waals surface area contributed by atoms with Gasteiger partial charge in [-0.3, -0.25) is 9.10 Å². The smallest absolute Gasteiger partial charge is 0.240 e.